The Bertz CT molecular complexity index is 1170. The van der Waals surface area contributed by atoms with Gasteiger partial charge < -0.3 is 15.0 Å². The maximum absolute atomic E-state index is 9.67. The topological polar surface area (TPSA) is 93.2 Å². The maximum Gasteiger partial charge on any atom is 0.241 e. The van der Waals surface area contributed by atoms with Gasteiger partial charge in [0, 0.05) is 24.3 Å². The fraction of sp³-hybridized carbons (Fsp3) is 0.429. The van der Waals surface area contributed by atoms with Gasteiger partial charge in [0.1, 0.15) is 11.3 Å². The molecule has 0 unspecified atom stereocenters. The number of anilines is 1. The lowest BCUT2D eigenvalue weighted by Crippen LogP contribution is -2.29. The molecule has 1 saturated carbocycles. The molecule has 0 radical (unpaired) electrons. The molecule has 4 heterocycles. The number of fused-ring (bicyclic) bond motifs is 2. The van der Waals surface area contributed by atoms with Crippen molar-refractivity contribution in [2.24, 2.45) is 0 Å². The second kappa shape index (κ2) is 7.11. The molecule has 0 amide bonds. The Morgan fingerprint density at radius 1 is 1.14 bits per heavy atom. The predicted molar refractivity (Wildman–Crippen MR) is 112 cm³/mol. The summed E-state index contributed by atoms with van der Waals surface area (Å²) in [5, 5.41) is 17.7. The molecule has 0 aliphatic heterocycles. The molecule has 0 saturated heterocycles. The van der Waals surface area contributed by atoms with Gasteiger partial charge in [-0.15, -0.1) is 5.10 Å². The number of hydrogen-bond donors (Lipinski definition) is 2. The number of rotatable bonds is 4. The third-order valence-electron chi connectivity index (χ3n) is 5.82. The summed E-state index contributed by atoms with van der Waals surface area (Å²) in [6.07, 6.45) is 7.15. The zero-order valence-corrected chi connectivity index (χ0v) is 16.7. The van der Waals surface area contributed by atoms with Gasteiger partial charge in [0.25, 0.3) is 0 Å². The summed E-state index contributed by atoms with van der Waals surface area (Å²) in [5.41, 5.74) is 4.62. The Morgan fingerprint density at radius 2 is 1.97 bits per heavy atom. The minimum absolute atomic E-state index is 0.166. The van der Waals surface area contributed by atoms with E-state index in [1.165, 1.54) is 0 Å². The van der Waals surface area contributed by atoms with E-state index >= 15 is 0 Å². The molecule has 4 aromatic heterocycles. The van der Waals surface area contributed by atoms with Crippen molar-refractivity contribution < 1.29 is 5.11 Å². The summed E-state index contributed by atoms with van der Waals surface area (Å²) < 4.78 is 3.97. The van der Waals surface area contributed by atoms with E-state index < -0.39 is 0 Å². The largest absolute Gasteiger partial charge is 0.393 e. The Kier molecular flexibility index (Phi) is 4.43. The van der Waals surface area contributed by atoms with E-state index in [0.29, 0.717) is 12.0 Å². The van der Waals surface area contributed by atoms with E-state index in [4.69, 9.17) is 4.98 Å². The van der Waals surface area contributed by atoms with Crippen LogP contribution in [0.2, 0.25) is 0 Å². The lowest BCUT2D eigenvalue weighted by Gasteiger charge is -2.26. The highest BCUT2D eigenvalue weighted by molar-refractivity contribution is 5.82. The molecule has 29 heavy (non-hydrogen) atoms. The van der Waals surface area contributed by atoms with Gasteiger partial charge in [-0.2, -0.15) is 0 Å². The van der Waals surface area contributed by atoms with Gasteiger partial charge in [-0.25, -0.2) is 19.5 Å². The molecule has 0 atom stereocenters. The van der Waals surface area contributed by atoms with Crippen LogP contribution in [-0.2, 0) is 6.54 Å². The predicted octanol–water partition coefficient (Wildman–Crippen LogP) is 3.18. The van der Waals surface area contributed by atoms with Crippen LogP contribution in [0.5, 0.6) is 0 Å². The molecule has 4 aromatic rings. The molecule has 1 fully saturated rings. The highest BCUT2D eigenvalue weighted by Gasteiger charge is 2.20. The summed E-state index contributed by atoms with van der Waals surface area (Å²) in [6, 6.07) is 6.36. The minimum Gasteiger partial charge on any atom is -0.393 e. The van der Waals surface area contributed by atoms with Gasteiger partial charge in [0.2, 0.25) is 5.95 Å². The lowest BCUT2D eigenvalue weighted by atomic mass is 9.93. The number of aromatic nitrogens is 6. The molecule has 0 aromatic carbocycles. The first-order valence-corrected chi connectivity index (χ1v) is 10.3. The van der Waals surface area contributed by atoms with E-state index in [9.17, 15) is 5.11 Å². The van der Waals surface area contributed by atoms with Crippen LogP contribution in [0, 0.1) is 6.92 Å². The molecular weight excluding hydrogens is 366 g/mol. The first-order chi connectivity index (χ1) is 14.1. The van der Waals surface area contributed by atoms with Crippen molar-refractivity contribution in [3.05, 3.63) is 36.4 Å². The normalized spacial score (nSPS) is 19.8. The fourth-order valence-corrected chi connectivity index (χ4v) is 4.23. The average Bonchev–Trinajstić information content (AvgIpc) is 3.28. The SMILES string of the molecule is CCn1c(C)nc2ccc(-c3ccn4nc(NC5CCC(O)CC5)ncc34)nc21. The van der Waals surface area contributed by atoms with Crippen LogP contribution in [0.4, 0.5) is 5.95 Å². The monoisotopic (exact) mass is 391 g/mol. The van der Waals surface area contributed by atoms with Gasteiger partial charge in [-0.1, -0.05) is 0 Å². The molecule has 1 aliphatic rings. The Morgan fingerprint density at radius 3 is 2.76 bits per heavy atom. The fourth-order valence-electron chi connectivity index (χ4n) is 4.23. The number of nitrogens with zero attached hydrogens (tertiary/aromatic N) is 6. The number of hydrogen-bond acceptors (Lipinski definition) is 6. The van der Waals surface area contributed by atoms with Gasteiger partial charge in [0.15, 0.2) is 5.65 Å². The van der Waals surface area contributed by atoms with Crippen LogP contribution in [-0.4, -0.2) is 46.4 Å². The zero-order chi connectivity index (χ0) is 20.0. The smallest absolute Gasteiger partial charge is 0.241 e. The van der Waals surface area contributed by atoms with Crippen molar-refractivity contribution in [2.45, 2.75) is 58.2 Å². The second-order valence-corrected chi connectivity index (χ2v) is 7.73. The quantitative estimate of drug-likeness (QED) is 0.555. The average molecular weight is 391 g/mol. The Labute approximate surface area is 168 Å². The van der Waals surface area contributed by atoms with Crippen LogP contribution in [0.3, 0.4) is 0 Å². The Balaban J connectivity index is 1.46. The molecule has 5 rings (SSSR count). The first kappa shape index (κ1) is 18.1. The molecule has 8 heteroatoms. The molecule has 0 spiro atoms. The zero-order valence-electron chi connectivity index (χ0n) is 16.7. The molecule has 1 aliphatic carbocycles. The summed E-state index contributed by atoms with van der Waals surface area (Å²) in [4.78, 5) is 14.0. The van der Waals surface area contributed by atoms with E-state index in [1.54, 1.807) is 0 Å². The van der Waals surface area contributed by atoms with E-state index in [2.05, 4.69) is 31.9 Å². The standard InChI is InChI=1S/C21H25N7O/c1-3-27-13(2)23-18-9-8-17(25-20(18)27)16-10-11-28-19(16)12-22-21(26-28)24-14-4-6-15(29)7-5-14/h8-12,14-15,29H,3-7H2,1-2H3,(H,24,26). The Hall–Kier alpha value is -3.00. The number of aryl methyl sites for hydroxylation is 2. The maximum atomic E-state index is 9.67. The third-order valence-corrected chi connectivity index (χ3v) is 5.82. The molecular formula is C21H25N7O. The summed E-state index contributed by atoms with van der Waals surface area (Å²) >= 11 is 0. The lowest BCUT2D eigenvalue weighted by molar-refractivity contribution is 0.126. The van der Waals surface area contributed by atoms with Crippen molar-refractivity contribution in [1.29, 1.82) is 0 Å². The van der Waals surface area contributed by atoms with Crippen LogP contribution >= 0.6 is 0 Å². The first-order valence-electron chi connectivity index (χ1n) is 10.3. The summed E-state index contributed by atoms with van der Waals surface area (Å²) in [5.74, 6) is 1.59. The summed E-state index contributed by atoms with van der Waals surface area (Å²) in [6.45, 7) is 4.95. The van der Waals surface area contributed by atoms with Crippen molar-refractivity contribution >= 4 is 22.6 Å². The number of imidazole rings is 1. The van der Waals surface area contributed by atoms with E-state index in [-0.39, 0.29) is 6.10 Å². The second-order valence-electron chi connectivity index (χ2n) is 7.73. The minimum atomic E-state index is -0.166. The van der Waals surface area contributed by atoms with Gasteiger partial charge in [-0.05, 0) is 57.7 Å². The third kappa shape index (κ3) is 3.23. The van der Waals surface area contributed by atoms with Gasteiger partial charge in [0.05, 0.1) is 23.5 Å². The van der Waals surface area contributed by atoms with Crippen molar-refractivity contribution in [1.82, 2.24) is 29.1 Å². The van der Waals surface area contributed by atoms with Crippen LogP contribution in [0.25, 0.3) is 27.9 Å². The van der Waals surface area contributed by atoms with E-state index in [0.717, 1.165) is 66.0 Å². The van der Waals surface area contributed by atoms with Gasteiger partial charge in [-0.3, -0.25) is 0 Å². The van der Waals surface area contributed by atoms with Crippen molar-refractivity contribution in [3.63, 3.8) is 0 Å². The number of aliphatic hydroxyl groups excluding tert-OH is 1. The van der Waals surface area contributed by atoms with Crippen LogP contribution in [0.15, 0.2) is 30.6 Å². The number of nitrogens with one attached hydrogen (secondary N) is 1. The summed E-state index contributed by atoms with van der Waals surface area (Å²) in [7, 11) is 0. The van der Waals surface area contributed by atoms with Gasteiger partial charge >= 0.3 is 0 Å². The molecule has 2 N–H and O–H groups in total. The van der Waals surface area contributed by atoms with Crippen LogP contribution in [0.1, 0.15) is 38.4 Å². The number of pyridine rings is 1. The molecule has 0 bridgehead atoms. The highest BCUT2D eigenvalue weighted by Crippen LogP contribution is 2.27. The van der Waals surface area contributed by atoms with Crippen LogP contribution < -0.4 is 5.32 Å². The van der Waals surface area contributed by atoms with E-state index in [1.807, 2.05) is 42.0 Å². The van der Waals surface area contributed by atoms with Crippen molar-refractivity contribution in [3.8, 4) is 11.3 Å². The van der Waals surface area contributed by atoms with Crippen molar-refractivity contribution in [2.75, 3.05) is 5.32 Å². The molecule has 150 valence electrons. The highest BCUT2D eigenvalue weighted by atomic mass is 16.3. The number of aliphatic hydroxyl groups is 1. The molecule has 8 nitrogen and oxygen atoms in total.